The molecule has 5 atom stereocenters. The van der Waals surface area contributed by atoms with E-state index in [4.69, 9.17) is 33.2 Å². The van der Waals surface area contributed by atoms with E-state index in [0.717, 1.165) is 25.3 Å². The largest absolute Gasteiger partial charge is 0.497 e. The fourth-order valence-electron chi connectivity index (χ4n) is 5.92. The summed E-state index contributed by atoms with van der Waals surface area (Å²) in [7, 11) is 1.61. The molecule has 1 heterocycles. The molecule has 1 saturated heterocycles. The third kappa shape index (κ3) is 11.3. The number of methoxy groups -OCH3 is 2. The topological polar surface area (TPSA) is 119 Å². The molecule has 1 saturated carbocycles. The lowest BCUT2D eigenvalue weighted by Gasteiger charge is -2.25. The third-order valence-electron chi connectivity index (χ3n) is 8.51. The van der Waals surface area contributed by atoms with Gasteiger partial charge in [-0.1, -0.05) is 62.5 Å². The highest BCUT2D eigenvalue weighted by Gasteiger charge is 2.45. The summed E-state index contributed by atoms with van der Waals surface area (Å²) >= 11 is 0. The standard InChI is InChI=1S/C38H52O10Si/c1-38(2)47-32(35(48-38)31(20-19-26-15-11-17-30(26)39)46-36(40)27-13-9-8-10-14-27)18-12-16-28-23-29(43-4)24-33(45-25-42-3)34(28)37(41)44-21-22-49(5,6)7/h8-10,12-14,16,19-20,23-24,26,30-32,35,39H,11,15,17-18,21-22,25H2,1-7H3/b16-12+,20-19-/t26-,30+,31?,32-,35+/m0/s1. The molecule has 2 aromatic rings. The van der Waals surface area contributed by atoms with Crippen LogP contribution in [0.1, 0.15) is 65.8 Å². The molecule has 1 N–H and O–H groups in total. The molecule has 1 unspecified atom stereocenters. The van der Waals surface area contributed by atoms with Crippen LogP contribution in [0.25, 0.3) is 6.08 Å². The van der Waals surface area contributed by atoms with Gasteiger partial charge in [0.25, 0.3) is 0 Å². The Bertz CT molecular complexity index is 1450. The van der Waals surface area contributed by atoms with E-state index in [1.54, 1.807) is 49.6 Å². The van der Waals surface area contributed by atoms with Gasteiger partial charge >= 0.3 is 11.9 Å². The summed E-state index contributed by atoms with van der Waals surface area (Å²) in [6.07, 6.45) is 7.95. The lowest BCUT2D eigenvalue weighted by atomic mass is 9.99. The number of hydrogen-bond acceptors (Lipinski definition) is 10. The molecule has 268 valence electrons. The van der Waals surface area contributed by atoms with Crippen molar-refractivity contribution in [3.63, 3.8) is 0 Å². The maximum absolute atomic E-state index is 13.5. The smallest absolute Gasteiger partial charge is 0.342 e. The van der Waals surface area contributed by atoms with Gasteiger partial charge in [0, 0.05) is 27.2 Å². The van der Waals surface area contributed by atoms with E-state index >= 15 is 0 Å². The van der Waals surface area contributed by atoms with Gasteiger partial charge in [-0.05, 0) is 69.0 Å². The van der Waals surface area contributed by atoms with E-state index < -0.39 is 50.2 Å². The predicted octanol–water partition coefficient (Wildman–Crippen LogP) is 7.04. The van der Waals surface area contributed by atoms with Crippen molar-refractivity contribution in [2.24, 2.45) is 5.92 Å². The zero-order valence-corrected chi connectivity index (χ0v) is 30.8. The fourth-order valence-corrected chi connectivity index (χ4v) is 6.63. The zero-order valence-electron chi connectivity index (χ0n) is 29.8. The average Bonchev–Trinajstić information content (AvgIpc) is 3.61. The molecule has 2 fully saturated rings. The highest BCUT2D eigenvalue weighted by molar-refractivity contribution is 6.76. The molecule has 0 spiro atoms. The summed E-state index contributed by atoms with van der Waals surface area (Å²) in [5, 5.41) is 10.5. The number of aliphatic hydroxyl groups is 1. The molecule has 49 heavy (non-hydrogen) atoms. The van der Waals surface area contributed by atoms with Crippen LogP contribution in [0, 0.1) is 5.92 Å². The third-order valence-corrected chi connectivity index (χ3v) is 10.2. The number of rotatable bonds is 16. The van der Waals surface area contributed by atoms with Crippen LogP contribution in [0.5, 0.6) is 11.5 Å². The second-order valence-corrected chi connectivity index (χ2v) is 19.8. The Morgan fingerprint density at radius 2 is 1.82 bits per heavy atom. The minimum atomic E-state index is -1.44. The number of carbonyl (C=O) groups is 2. The molecule has 0 aromatic heterocycles. The van der Waals surface area contributed by atoms with Crippen molar-refractivity contribution in [1.29, 1.82) is 0 Å². The predicted molar refractivity (Wildman–Crippen MR) is 190 cm³/mol. The maximum atomic E-state index is 13.5. The van der Waals surface area contributed by atoms with Gasteiger partial charge in [0.1, 0.15) is 29.3 Å². The minimum Gasteiger partial charge on any atom is -0.497 e. The molecule has 1 aliphatic heterocycles. The molecule has 10 nitrogen and oxygen atoms in total. The van der Waals surface area contributed by atoms with E-state index in [-0.39, 0.29) is 24.0 Å². The van der Waals surface area contributed by atoms with Gasteiger partial charge in [-0.15, -0.1) is 0 Å². The Morgan fingerprint density at radius 3 is 2.47 bits per heavy atom. The van der Waals surface area contributed by atoms with Crippen molar-refractivity contribution in [1.82, 2.24) is 0 Å². The first-order chi connectivity index (χ1) is 23.3. The average molecular weight is 697 g/mol. The van der Waals surface area contributed by atoms with Gasteiger partial charge in [0.05, 0.1) is 31.5 Å². The van der Waals surface area contributed by atoms with E-state index in [2.05, 4.69) is 19.6 Å². The van der Waals surface area contributed by atoms with Crippen molar-refractivity contribution in [2.75, 3.05) is 27.6 Å². The Hall–Kier alpha value is -3.48. The summed E-state index contributed by atoms with van der Waals surface area (Å²) in [5.41, 5.74) is 1.23. The van der Waals surface area contributed by atoms with Gasteiger partial charge in [-0.3, -0.25) is 0 Å². The van der Waals surface area contributed by atoms with Crippen LogP contribution in [0.15, 0.2) is 60.7 Å². The normalized spacial score (nSPS) is 22.8. The molecular formula is C38H52O10Si. The first-order valence-corrected chi connectivity index (χ1v) is 20.7. The highest BCUT2D eigenvalue weighted by atomic mass is 28.3. The van der Waals surface area contributed by atoms with Crippen molar-refractivity contribution in [2.45, 2.75) is 95.4 Å². The molecule has 11 heteroatoms. The summed E-state index contributed by atoms with van der Waals surface area (Å²) in [6, 6.07) is 13.0. The summed E-state index contributed by atoms with van der Waals surface area (Å²) < 4.78 is 40.9. The van der Waals surface area contributed by atoms with Crippen LogP contribution in [0.4, 0.5) is 0 Å². The molecule has 0 radical (unpaired) electrons. The molecule has 0 bridgehead atoms. The maximum Gasteiger partial charge on any atom is 0.342 e. The zero-order chi connectivity index (χ0) is 35.6. The summed E-state index contributed by atoms with van der Waals surface area (Å²) in [6.45, 7) is 10.6. The second-order valence-electron chi connectivity index (χ2n) is 14.1. The number of benzene rings is 2. The van der Waals surface area contributed by atoms with E-state index in [0.29, 0.717) is 29.9 Å². The van der Waals surface area contributed by atoms with Crippen LogP contribution in [0.2, 0.25) is 25.7 Å². The van der Waals surface area contributed by atoms with Crippen molar-refractivity contribution >= 4 is 26.1 Å². The van der Waals surface area contributed by atoms with Gasteiger partial charge < -0.3 is 38.3 Å². The van der Waals surface area contributed by atoms with E-state index in [9.17, 15) is 14.7 Å². The van der Waals surface area contributed by atoms with E-state index in [1.165, 1.54) is 7.11 Å². The Kier molecular flexibility index (Phi) is 13.6. The van der Waals surface area contributed by atoms with Crippen molar-refractivity contribution in [3.05, 3.63) is 77.4 Å². The van der Waals surface area contributed by atoms with Crippen LogP contribution in [0.3, 0.4) is 0 Å². The fraction of sp³-hybridized carbons (Fsp3) is 0.526. The lowest BCUT2D eigenvalue weighted by molar-refractivity contribution is -0.152. The van der Waals surface area contributed by atoms with Gasteiger partial charge in [-0.2, -0.15) is 0 Å². The van der Waals surface area contributed by atoms with Crippen molar-refractivity contribution < 1.29 is 47.9 Å². The molecule has 4 rings (SSSR count). The highest BCUT2D eigenvalue weighted by Crippen LogP contribution is 2.36. The number of hydrogen-bond donors (Lipinski definition) is 1. The van der Waals surface area contributed by atoms with Crippen LogP contribution >= 0.6 is 0 Å². The quantitative estimate of drug-likeness (QED) is 0.0848. The first kappa shape index (κ1) is 38.3. The number of carbonyl (C=O) groups excluding carboxylic acids is 2. The second kappa shape index (κ2) is 17.4. The number of ether oxygens (including phenoxy) is 7. The van der Waals surface area contributed by atoms with Gasteiger partial charge in [0.2, 0.25) is 0 Å². The SMILES string of the molecule is COCOc1cc(OC)cc(/C=C/C[C@@H]2OC(C)(C)O[C@@H]2C(/C=C\[C@@H]2CCC[C@H]2O)OC(=O)c2ccccc2)c1C(=O)OCC[Si](C)(C)C. The van der Waals surface area contributed by atoms with Crippen LogP contribution in [-0.4, -0.2) is 82.9 Å². The van der Waals surface area contributed by atoms with Crippen LogP contribution in [-0.2, 0) is 23.7 Å². The van der Waals surface area contributed by atoms with Crippen LogP contribution < -0.4 is 9.47 Å². The monoisotopic (exact) mass is 696 g/mol. The molecular weight excluding hydrogens is 644 g/mol. The molecule has 0 amide bonds. The molecule has 2 aliphatic rings. The lowest BCUT2D eigenvalue weighted by Crippen LogP contribution is -2.37. The van der Waals surface area contributed by atoms with Crippen molar-refractivity contribution in [3.8, 4) is 11.5 Å². The summed E-state index contributed by atoms with van der Waals surface area (Å²) in [4.78, 5) is 26.7. The minimum absolute atomic E-state index is 0.0295. The van der Waals surface area contributed by atoms with Gasteiger partial charge in [0.15, 0.2) is 12.6 Å². The Labute approximate surface area is 291 Å². The molecule has 1 aliphatic carbocycles. The van der Waals surface area contributed by atoms with Gasteiger partial charge in [-0.25, -0.2) is 9.59 Å². The molecule has 2 aromatic carbocycles. The van der Waals surface area contributed by atoms with E-state index in [1.807, 2.05) is 38.1 Å². The summed E-state index contributed by atoms with van der Waals surface area (Å²) in [5.74, 6) is -1.19. The number of esters is 2. The number of aliphatic hydroxyl groups excluding tert-OH is 1. The Balaban J connectivity index is 1.62. The first-order valence-electron chi connectivity index (χ1n) is 17.0. The Morgan fingerprint density at radius 1 is 1.06 bits per heavy atom.